The van der Waals surface area contributed by atoms with Gasteiger partial charge < -0.3 is 31.1 Å². The number of rotatable bonds is 22. The summed E-state index contributed by atoms with van der Waals surface area (Å²) in [7, 11) is 0. The van der Waals surface area contributed by atoms with Crippen molar-refractivity contribution in [2.75, 3.05) is 25.4 Å². The molecule has 10 heteroatoms. The Kier molecular flexibility index (Phi) is 17.3. The molecule has 3 saturated carbocycles. The number of aliphatic hydroxyl groups is 1. The lowest BCUT2D eigenvalue weighted by Gasteiger charge is -2.44. The van der Waals surface area contributed by atoms with Crippen LogP contribution in [0.2, 0.25) is 0 Å². The number of unbranched alkanes of at least 4 members (excludes halogenated alkanes) is 3. The number of hydrogen-bond acceptors (Lipinski definition) is 6. The second kappa shape index (κ2) is 21.6. The number of thioether (sulfide) groups is 1. The van der Waals surface area contributed by atoms with Crippen molar-refractivity contribution in [2.24, 2.45) is 23.2 Å². The molecule has 316 valence electrons. The summed E-state index contributed by atoms with van der Waals surface area (Å²) in [6, 6.07) is 0.431. The van der Waals surface area contributed by atoms with E-state index in [1.807, 2.05) is 25.6 Å². The Labute approximate surface area is 343 Å². The first-order valence-corrected chi connectivity index (χ1v) is 23.5. The first-order valence-electron chi connectivity index (χ1n) is 22.5. The Morgan fingerprint density at radius 3 is 2.52 bits per heavy atom. The Bertz CT molecular complexity index is 1390. The summed E-state index contributed by atoms with van der Waals surface area (Å²) in [6.45, 7) is 15.3. The van der Waals surface area contributed by atoms with Gasteiger partial charge in [0.25, 0.3) is 0 Å². The van der Waals surface area contributed by atoms with Crippen molar-refractivity contribution in [1.29, 1.82) is 0 Å². The van der Waals surface area contributed by atoms with E-state index in [0.29, 0.717) is 55.0 Å². The number of urea groups is 1. The summed E-state index contributed by atoms with van der Waals surface area (Å²) >= 11 is 1.92. The molecule has 0 aromatic carbocycles. The molecule has 4 amide bonds. The molecule has 0 spiro atoms. The van der Waals surface area contributed by atoms with E-state index in [9.17, 15) is 19.5 Å². The van der Waals surface area contributed by atoms with E-state index in [2.05, 4.69) is 53.8 Å². The van der Waals surface area contributed by atoms with Crippen LogP contribution in [0.4, 0.5) is 4.79 Å². The molecule has 8 atom stereocenters. The van der Waals surface area contributed by atoms with Crippen LogP contribution in [0.15, 0.2) is 35.5 Å². The highest BCUT2D eigenvalue weighted by atomic mass is 32.2. The molecule has 5 rings (SSSR count). The van der Waals surface area contributed by atoms with Gasteiger partial charge in [0.2, 0.25) is 11.8 Å². The Morgan fingerprint density at radius 1 is 1.00 bits per heavy atom. The molecule has 3 unspecified atom stereocenters. The number of amides is 4. The summed E-state index contributed by atoms with van der Waals surface area (Å²) in [5.41, 5.74) is 4.06. The Morgan fingerprint density at radius 2 is 1.75 bits per heavy atom. The average Bonchev–Trinajstić information content (AvgIpc) is 3.82. The number of ether oxygens (including phenoxy) is 1. The lowest BCUT2D eigenvalue weighted by Crippen LogP contribution is -2.36. The molecule has 5 aliphatic rings. The molecule has 56 heavy (non-hydrogen) atoms. The number of carbonyl (C=O) groups is 3. The van der Waals surface area contributed by atoms with Crippen molar-refractivity contribution in [2.45, 2.75) is 185 Å². The molecule has 3 aliphatic carbocycles. The van der Waals surface area contributed by atoms with E-state index in [4.69, 9.17) is 4.74 Å². The first kappa shape index (κ1) is 44.8. The van der Waals surface area contributed by atoms with Crippen LogP contribution < -0.4 is 21.3 Å². The van der Waals surface area contributed by atoms with Crippen LogP contribution in [0.25, 0.3) is 0 Å². The molecule has 9 nitrogen and oxygen atoms in total. The quantitative estimate of drug-likeness (QED) is 0.0551. The summed E-state index contributed by atoms with van der Waals surface area (Å²) in [5.74, 6) is 3.31. The van der Waals surface area contributed by atoms with Gasteiger partial charge in [-0.15, -0.1) is 0 Å². The number of nitrogens with one attached hydrogen (secondary N) is 4. The fourth-order valence-corrected chi connectivity index (χ4v) is 12.2. The highest BCUT2D eigenvalue weighted by Gasteiger charge is 2.50. The molecule has 5 fully saturated rings. The summed E-state index contributed by atoms with van der Waals surface area (Å²) in [4.78, 5) is 36.2. The van der Waals surface area contributed by atoms with Crippen molar-refractivity contribution in [1.82, 2.24) is 21.3 Å². The number of carbonyl (C=O) groups excluding carboxylic acids is 3. The van der Waals surface area contributed by atoms with Crippen molar-refractivity contribution in [3.63, 3.8) is 0 Å². The maximum absolute atomic E-state index is 12.4. The van der Waals surface area contributed by atoms with Gasteiger partial charge in [0.05, 0.1) is 23.8 Å². The molecule has 2 aliphatic heterocycles. The zero-order valence-corrected chi connectivity index (χ0v) is 36.2. The average molecular weight is 797 g/mol. The third-order valence-corrected chi connectivity index (χ3v) is 15.3. The van der Waals surface area contributed by atoms with Gasteiger partial charge in [0.1, 0.15) is 0 Å². The summed E-state index contributed by atoms with van der Waals surface area (Å²) in [6.07, 6.45) is 25.0. The Hall–Kier alpha value is -2.30. The lowest BCUT2D eigenvalue weighted by atomic mass is 9.60. The van der Waals surface area contributed by atoms with Crippen molar-refractivity contribution < 1.29 is 24.2 Å². The molecule has 0 aromatic heterocycles. The van der Waals surface area contributed by atoms with Crippen LogP contribution in [0.3, 0.4) is 0 Å². The largest absolute Gasteiger partial charge is 0.390 e. The highest BCUT2D eigenvalue weighted by molar-refractivity contribution is 8.00. The topological polar surface area (TPSA) is 129 Å². The molecule has 5 N–H and O–H groups in total. The van der Waals surface area contributed by atoms with Gasteiger partial charge in [0, 0.05) is 43.5 Å². The SMILES string of the molecule is C=C1CC[C@H](OCCCNC(=O)CCCCCNC(=O)CCCCC2SCC3NC(=O)NC32)C/C1=C\C=C1/CCC[C@]2(C)[C@@H]([C@H](C)CCCC(C)(C)O)CC[C@@H]12. The lowest BCUT2D eigenvalue weighted by molar-refractivity contribution is -0.122. The number of hydrogen-bond donors (Lipinski definition) is 5. The van der Waals surface area contributed by atoms with Crippen LogP contribution >= 0.6 is 11.8 Å². The number of fused-ring (bicyclic) bond motifs is 2. The van der Waals surface area contributed by atoms with E-state index in [0.717, 1.165) is 88.7 Å². The Balaban J connectivity index is 0.891. The maximum Gasteiger partial charge on any atom is 0.315 e. The zero-order chi connectivity index (χ0) is 40.1. The van der Waals surface area contributed by atoms with Gasteiger partial charge in [-0.3, -0.25) is 9.59 Å². The predicted molar refractivity (Wildman–Crippen MR) is 229 cm³/mol. The van der Waals surface area contributed by atoms with Gasteiger partial charge in [-0.05, 0) is 132 Å². The predicted octanol–water partition coefficient (Wildman–Crippen LogP) is 8.67. The van der Waals surface area contributed by atoms with E-state index in [1.165, 1.54) is 49.7 Å². The maximum atomic E-state index is 12.4. The molecular formula is C46H76N4O5S. The van der Waals surface area contributed by atoms with E-state index >= 15 is 0 Å². The van der Waals surface area contributed by atoms with Crippen LogP contribution in [0, 0.1) is 23.2 Å². The van der Waals surface area contributed by atoms with E-state index < -0.39 is 5.60 Å². The fraction of sp³-hybridized carbons (Fsp3) is 0.804. The van der Waals surface area contributed by atoms with E-state index in [1.54, 1.807) is 5.57 Å². The second-order valence-electron chi connectivity index (χ2n) is 18.8. The van der Waals surface area contributed by atoms with Gasteiger partial charge in [0.15, 0.2) is 0 Å². The molecule has 0 aromatic rings. The first-order chi connectivity index (χ1) is 26.8. The standard InChI is InChI=1S/C46H76N4O5S/c1-32-19-22-36(30-35(32)21-20-34-15-12-26-46(5)37(23-24-38(34)46)33(2)14-11-25-45(3,4)54)55-29-13-28-48-41(51)17-7-6-10-27-47-42(52)18-9-8-16-40-43-39(31-56-40)49-44(53)50-43/h20-21,33,36-40,43,54H,1,6-19,22-31H2,2-5H3,(H,47,52)(H,48,51)(H2,49,50,53)/b34-20+,35-21+/t33-,36+,37-,38+,39?,40?,43?,46-/m1/s1. The zero-order valence-electron chi connectivity index (χ0n) is 35.4. The summed E-state index contributed by atoms with van der Waals surface area (Å²) in [5, 5.41) is 22.7. The minimum Gasteiger partial charge on any atom is -0.390 e. The fourth-order valence-electron chi connectivity index (χ4n) is 10.6. The van der Waals surface area contributed by atoms with Gasteiger partial charge >= 0.3 is 6.03 Å². The molecule has 0 bridgehead atoms. The molecular weight excluding hydrogens is 721 g/mol. The van der Waals surface area contributed by atoms with Crippen LogP contribution in [0.5, 0.6) is 0 Å². The minimum absolute atomic E-state index is 0.0506. The summed E-state index contributed by atoms with van der Waals surface area (Å²) < 4.78 is 6.31. The molecule has 2 saturated heterocycles. The van der Waals surface area contributed by atoms with Gasteiger partial charge in [-0.1, -0.05) is 69.4 Å². The highest BCUT2D eigenvalue weighted by Crippen LogP contribution is 2.60. The molecule has 0 radical (unpaired) electrons. The van der Waals surface area contributed by atoms with Gasteiger partial charge in [-0.2, -0.15) is 11.8 Å². The monoisotopic (exact) mass is 797 g/mol. The van der Waals surface area contributed by atoms with Crippen molar-refractivity contribution in [3.05, 3.63) is 35.5 Å². The van der Waals surface area contributed by atoms with Crippen LogP contribution in [0.1, 0.15) is 156 Å². The molecule has 2 heterocycles. The van der Waals surface area contributed by atoms with Crippen molar-refractivity contribution in [3.8, 4) is 0 Å². The van der Waals surface area contributed by atoms with E-state index in [-0.39, 0.29) is 36.0 Å². The normalized spacial score (nSPS) is 30.9. The third kappa shape index (κ3) is 13.4. The van der Waals surface area contributed by atoms with Crippen molar-refractivity contribution >= 4 is 29.6 Å². The minimum atomic E-state index is -0.565. The van der Waals surface area contributed by atoms with Crippen LogP contribution in [-0.2, 0) is 14.3 Å². The second-order valence-corrected chi connectivity index (χ2v) is 20.1. The number of allylic oxidation sites excluding steroid dienone is 4. The third-order valence-electron chi connectivity index (χ3n) is 13.8. The van der Waals surface area contributed by atoms with Gasteiger partial charge in [-0.25, -0.2) is 4.79 Å². The van der Waals surface area contributed by atoms with Crippen LogP contribution in [-0.4, -0.2) is 77.4 Å². The smallest absolute Gasteiger partial charge is 0.315 e.